The number of nitrogens with one attached hydrogen (secondary N) is 1. The summed E-state index contributed by atoms with van der Waals surface area (Å²) in [6.45, 7) is 2.03. The summed E-state index contributed by atoms with van der Waals surface area (Å²) in [7, 11) is 0. The van der Waals surface area contributed by atoms with Gasteiger partial charge in [-0.15, -0.1) is 0 Å². The molecule has 1 heterocycles. The van der Waals surface area contributed by atoms with Crippen molar-refractivity contribution in [3.63, 3.8) is 0 Å². The van der Waals surface area contributed by atoms with Gasteiger partial charge in [-0.25, -0.2) is 9.78 Å². The molecule has 24 heavy (non-hydrogen) atoms. The van der Waals surface area contributed by atoms with Crippen LogP contribution in [0.5, 0.6) is 0 Å². The van der Waals surface area contributed by atoms with Crippen molar-refractivity contribution >= 4 is 23.0 Å². The SMILES string of the molecule is Cc1ccc(CNC(=O)COC(=O)c2cccc3ocnc23)cc1. The molecule has 0 bridgehead atoms. The van der Waals surface area contributed by atoms with E-state index in [9.17, 15) is 9.59 Å². The van der Waals surface area contributed by atoms with E-state index in [2.05, 4.69) is 10.3 Å². The van der Waals surface area contributed by atoms with E-state index in [1.165, 1.54) is 6.39 Å². The van der Waals surface area contributed by atoms with E-state index in [0.717, 1.165) is 11.1 Å². The van der Waals surface area contributed by atoms with Gasteiger partial charge in [0.15, 0.2) is 18.6 Å². The molecule has 1 N–H and O–H groups in total. The van der Waals surface area contributed by atoms with Crippen molar-refractivity contribution in [3.8, 4) is 0 Å². The molecule has 0 aliphatic heterocycles. The number of esters is 1. The number of hydrogen-bond acceptors (Lipinski definition) is 5. The Kier molecular flexibility index (Phi) is 4.56. The number of para-hydroxylation sites is 1. The highest BCUT2D eigenvalue weighted by Gasteiger charge is 2.15. The molecule has 0 aliphatic rings. The monoisotopic (exact) mass is 324 g/mol. The first-order valence-electron chi connectivity index (χ1n) is 7.45. The molecule has 1 aromatic heterocycles. The molecular weight excluding hydrogens is 308 g/mol. The Hall–Kier alpha value is -3.15. The molecule has 0 atom stereocenters. The van der Waals surface area contributed by atoms with Crippen molar-refractivity contribution < 1.29 is 18.7 Å². The van der Waals surface area contributed by atoms with Crippen LogP contribution in [0.4, 0.5) is 0 Å². The summed E-state index contributed by atoms with van der Waals surface area (Å²) in [6.07, 6.45) is 1.26. The first kappa shape index (κ1) is 15.7. The first-order valence-corrected chi connectivity index (χ1v) is 7.45. The number of carbonyl (C=O) groups excluding carboxylic acids is 2. The molecule has 2 aromatic carbocycles. The zero-order valence-electron chi connectivity index (χ0n) is 13.1. The molecule has 1 amide bonds. The second-order valence-corrected chi connectivity index (χ2v) is 5.34. The molecule has 3 rings (SSSR count). The van der Waals surface area contributed by atoms with Crippen molar-refractivity contribution in [1.82, 2.24) is 10.3 Å². The van der Waals surface area contributed by atoms with Gasteiger partial charge < -0.3 is 14.5 Å². The normalized spacial score (nSPS) is 10.5. The first-order chi connectivity index (χ1) is 11.6. The van der Waals surface area contributed by atoms with Gasteiger partial charge >= 0.3 is 5.97 Å². The fraction of sp³-hybridized carbons (Fsp3) is 0.167. The lowest BCUT2D eigenvalue weighted by molar-refractivity contribution is -0.124. The predicted octanol–water partition coefficient (Wildman–Crippen LogP) is 2.61. The molecule has 0 saturated heterocycles. The van der Waals surface area contributed by atoms with Crippen molar-refractivity contribution in [2.45, 2.75) is 13.5 Å². The smallest absolute Gasteiger partial charge is 0.340 e. The minimum atomic E-state index is -0.611. The lowest BCUT2D eigenvalue weighted by Gasteiger charge is -2.07. The number of ether oxygens (including phenoxy) is 1. The molecule has 0 spiro atoms. The maximum absolute atomic E-state index is 12.1. The maximum Gasteiger partial charge on any atom is 0.340 e. The quantitative estimate of drug-likeness (QED) is 0.730. The van der Waals surface area contributed by atoms with E-state index in [1.807, 2.05) is 31.2 Å². The molecule has 0 unspecified atom stereocenters. The van der Waals surface area contributed by atoms with Gasteiger partial charge in [0.2, 0.25) is 0 Å². The van der Waals surface area contributed by atoms with Gasteiger partial charge in [0.1, 0.15) is 5.52 Å². The van der Waals surface area contributed by atoms with Crippen LogP contribution in [0.15, 0.2) is 53.3 Å². The van der Waals surface area contributed by atoms with Crippen molar-refractivity contribution in [2.75, 3.05) is 6.61 Å². The molecule has 122 valence electrons. The molecular formula is C18H16N2O4. The van der Waals surface area contributed by atoms with Crippen LogP contribution in [0.1, 0.15) is 21.5 Å². The number of carbonyl (C=O) groups is 2. The summed E-state index contributed by atoms with van der Waals surface area (Å²) >= 11 is 0. The van der Waals surface area contributed by atoms with Crippen LogP contribution >= 0.6 is 0 Å². The van der Waals surface area contributed by atoms with Gasteiger partial charge in [0.05, 0.1) is 5.56 Å². The summed E-state index contributed by atoms with van der Waals surface area (Å²) < 4.78 is 10.2. The van der Waals surface area contributed by atoms with Crippen LogP contribution < -0.4 is 5.32 Å². The third-order valence-electron chi connectivity index (χ3n) is 3.53. The zero-order chi connectivity index (χ0) is 16.9. The van der Waals surface area contributed by atoms with Crippen molar-refractivity contribution in [3.05, 3.63) is 65.5 Å². The van der Waals surface area contributed by atoms with E-state index in [1.54, 1.807) is 18.2 Å². The maximum atomic E-state index is 12.1. The highest BCUT2D eigenvalue weighted by molar-refractivity contribution is 6.01. The number of nitrogens with zero attached hydrogens (tertiary/aromatic N) is 1. The number of oxazole rings is 1. The predicted molar refractivity (Wildman–Crippen MR) is 87.3 cm³/mol. The number of rotatable bonds is 5. The van der Waals surface area contributed by atoms with Gasteiger partial charge in [-0.2, -0.15) is 0 Å². The van der Waals surface area contributed by atoms with Gasteiger partial charge in [-0.05, 0) is 24.6 Å². The lowest BCUT2D eigenvalue weighted by Crippen LogP contribution is -2.28. The second-order valence-electron chi connectivity index (χ2n) is 5.34. The average Bonchev–Trinajstić information content (AvgIpc) is 3.07. The average molecular weight is 324 g/mol. The number of fused-ring (bicyclic) bond motifs is 1. The third kappa shape index (κ3) is 3.60. The summed E-state index contributed by atoms with van der Waals surface area (Å²) in [6, 6.07) is 12.8. The van der Waals surface area contributed by atoms with Crippen molar-refractivity contribution in [2.24, 2.45) is 0 Å². The Morgan fingerprint density at radius 1 is 1.17 bits per heavy atom. The van der Waals surface area contributed by atoms with Crippen molar-refractivity contribution in [1.29, 1.82) is 0 Å². The minimum absolute atomic E-state index is 0.271. The molecule has 3 aromatic rings. The van der Waals surface area contributed by atoms with Gasteiger partial charge in [-0.1, -0.05) is 35.9 Å². The Morgan fingerprint density at radius 2 is 1.96 bits per heavy atom. The fourth-order valence-corrected chi connectivity index (χ4v) is 2.22. The Bertz CT molecular complexity index is 868. The number of aromatic nitrogens is 1. The van der Waals surface area contributed by atoms with Gasteiger partial charge in [0, 0.05) is 6.54 Å². The van der Waals surface area contributed by atoms with E-state index in [-0.39, 0.29) is 18.1 Å². The van der Waals surface area contributed by atoms with Gasteiger partial charge in [-0.3, -0.25) is 4.79 Å². The number of aryl methyl sites for hydroxylation is 1. The Balaban J connectivity index is 1.53. The van der Waals surface area contributed by atoms with E-state index < -0.39 is 5.97 Å². The minimum Gasteiger partial charge on any atom is -0.452 e. The molecule has 0 fully saturated rings. The standard InChI is InChI=1S/C18H16N2O4/c1-12-5-7-13(8-6-12)9-19-16(21)10-23-18(22)14-3-2-4-15-17(14)20-11-24-15/h2-8,11H,9-10H2,1H3,(H,19,21). The second kappa shape index (κ2) is 6.95. The molecule has 6 heteroatoms. The van der Waals surface area contributed by atoms with Crippen LogP contribution in [0, 0.1) is 6.92 Å². The fourth-order valence-electron chi connectivity index (χ4n) is 2.22. The molecule has 0 saturated carbocycles. The highest BCUT2D eigenvalue weighted by atomic mass is 16.5. The summed E-state index contributed by atoms with van der Waals surface area (Å²) in [5.74, 6) is -0.976. The Morgan fingerprint density at radius 3 is 2.75 bits per heavy atom. The third-order valence-corrected chi connectivity index (χ3v) is 3.53. The van der Waals surface area contributed by atoms with Crippen LogP contribution in [0.2, 0.25) is 0 Å². The van der Waals surface area contributed by atoms with E-state index >= 15 is 0 Å². The highest BCUT2D eigenvalue weighted by Crippen LogP contribution is 2.17. The molecule has 0 aliphatic carbocycles. The lowest BCUT2D eigenvalue weighted by atomic mass is 10.1. The van der Waals surface area contributed by atoms with Crippen LogP contribution in [0.25, 0.3) is 11.1 Å². The number of amides is 1. The summed E-state index contributed by atoms with van der Waals surface area (Å²) in [5.41, 5.74) is 3.32. The van der Waals surface area contributed by atoms with Crippen LogP contribution in [-0.4, -0.2) is 23.5 Å². The number of hydrogen-bond donors (Lipinski definition) is 1. The summed E-state index contributed by atoms with van der Waals surface area (Å²) in [4.78, 5) is 27.9. The van der Waals surface area contributed by atoms with Crippen LogP contribution in [0.3, 0.4) is 0 Å². The molecule has 0 radical (unpaired) electrons. The van der Waals surface area contributed by atoms with Gasteiger partial charge in [0.25, 0.3) is 5.91 Å². The largest absolute Gasteiger partial charge is 0.452 e. The summed E-state index contributed by atoms with van der Waals surface area (Å²) in [5, 5.41) is 2.71. The van der Waals surface area contributed by atoms with E-state index in [4.69, 9.17) is 9.15 Å². The number of benzene rings is 2. The molecule has 6 nitrogen and oxygen atoms in total. The topological polar surface area (TPSA) is 81.4 Å². The Labute approximate surface area is 138 Å². The van der Waals surface area contributed by atoms with E-state index in [0.29, 0.717) is 17.6 Å². The zero-order valence-corrected chi connectivity index (χ0v) is 13.1. The van der Waals surface area contributed by atoms with Crippen LogP contribution in [-0.2, 0) is 16.1 Å².